The van der Waals surface area contributed by atoms with Crippen molar-refractivity contribution in [2.24, 2.45) is 0 Å². The summed E-state index contributed by atoms with van der Waals surface area (Å²) in [6.07, 6.45) is 1.09. The predicted octanol–water partition coefficient (Wildman–Crippen LogP) is 2.72. The first-order valence-corrected chi connectivity index (χ1v) is 6.75. The molecule has 1 N–H and O–H groups in total. The Hall–Kier alpha value is -3.16. The molecule has 0 spiro atoms. The fraction of sp³-hybridized carbons (Fsp3) is 0.200. The highest BCUT2D eigenvalue weighted by Crippen LogP contribution is 2.36. The second-order valence-electron chi connectivity index (χ2n) is 5.06. The molecule has 8 nitrogen and oxygen atoms in total. The van der Waals surface area contributed by atoms with E-state index in [0.717, 1.165) is 11.8 Å². The lowest BCUT2D eigenvalue weighted by Crippen LogP contribution is -2.09. The van der Waals surface area contributed by atoms with Crippen LogP contribution in [0.2, 0.25) is 0 Å². The molecule has 0 aliphatic carbocycles. The van der Waals surface area contributed by atoms with Crippen LogP contribution < -0.4 is 10.2 Å². The van der Waals surface area contributed by atoms with E-state index in [0.29, 0.717) is 28.3 Å². The van der Waals surface area contributed by atoms with Crippen LogP contribution in [0.3, 0.4) is 0 Å². The van der Waals surface area contributed by atoms with E-state index in [2.05, 4.69) is 10.1 Å². The normalized spacial score (nSPS) is 10.9. The summed E-state index contributed by atoms with van der Waals surface area (Å²) < 4.78 is 10.5. The van der Waals surface area contributed by atoms with Crippen molar-refractivity contribution in [3.05, 3.63) is 50.1 Å². The number of hydrogen-bond donors (Lipinski definition) is 1. The number of ether oxygens (including phenoxy) is 1. The van der Waals surface area contributed by atoms with Crippen molar-refractivity contribution in [2.75, 3.05) is 7.11 Å². The van der Waals surface area contributed by atoms with Crippen molar-refractivity contribution >= 4 is 16.6 Å². The molecule has 3 rings (SSSR count). The minimum Gasteiger partial charge on any atom is -0.496 e. The van der Waals surface area contributed by atoms with Gasteiger partial charge in [0.2, 0.25) is 0 Å². The van der Waals surface area contributed by atoms with E-state index in [-0.39, 0.29) is 5.39 Å². The van der Waals surface area contributed by atoms with Crippen LogP contribution in [0.15, 0.2) is 27.6 Å². The fourth-order valence-corrected chi connectivity index (χ4v) is 2.60. The fourth-order valence-electron chi connectivity index (χ4n) is 2.60. The zero-order valence-electron chi connectivity index (χ0n) is 12.7. The van der Waals surface area contributed by atoms with Crippen LogP contribution in [0.25, 0.3) is 22.0 Å². The van der Waals surface area contributed by atoms with Gasteiger partial charge >= 0.3 is 5.69 Å². The Morgan fingerprint density at radius 3 is 2.65 bits per heavy atom. The first-order valence-electron chi connectivity index (χ1n) is 6.75. The zero-order valence-corrected chi connectivity index (χ0v) is 12.7. The van der Waals surface area contributed by atoms with Crippen molar-refractivity contribution in [3.8, 4) is 16.9 Å². The number of benzene rings is 1. The van der Waals surface area contributed by atoms with Gasteiger partial charge in [-0.2, -0.15) is 0 Å². The molecule has 0 saturated heterocycles. The van der Waals surface area contributed by atoms with E-state index in [1.54, 1.807) is 19.9 Å². The minimum atomic E-state index is -0.715. The zero-order chi connectivity index (χ0) is 16.7. The summed E-state index contributed by atoms with van der Waals surface area (Å²) in [5, 5.41) is 15.0. The van der Waals surface area contributed by atoms with Gasteiger partial charge in [0.25, 0.3) is 5.43 Å². The first-order chi connectivity index (χ1) is 10.9. The van der Waals surface area contributed by atoms with Gasteiger partial charge in [0.15, 0.2) is 0 Å². The summed E-state index contributed by atoms with van der Waals surface area (Å²) >= 11 is 0. The molecule has 0 atom stereocenters. The number of rotatable bonds is 3. The maximum atomic E-state index is 12.2. The second kappa shape index (κ2) is 5.24. The summed E-state index contributed by atoms with van der Waals surface area (Å²) in [5.41, 5.74) is 1.45. The summed E-state index contributed by atoms with van der Waals surface area (Å²) in [4.78, 5) is 25.2. The molecular formula is C15H13N3O5. The van der Waals surface area contributed by atoms with Gasteiger partial charge in [-0.25, -0.2) is 0 Å². The van der Waals surface area contributed by atoms with Crippen molar-refractivity contribution in [2.45, 2.75) is 13.8 Å². The first kappa shape index (κ1) is 14.8. The SMILES string of the molecule is COc1cc2c(=O)c([N+](=O)[O-])c[nH]c2cc1-c1c(C)noc1C. The highest BCUT2D eigenvalue weighted by atomic mass is 16.6. The number of aryl methyl sites for hydroxylation is 2. The summed E-state index contributed by atoms with van der Waals surface area (Å²) in [6.45, 7) is 3.57. The lowest BCUT2D eigenvalue weighted by molar-refractivity contribution is -0.386. The number of fused-ring (bicyclic) bond motifs is 1. The molecular weight excluding hydrogens is 302 g/mol. The van der Waals surface area contributed by atoms with Crippen molar-refractivity contribution in [1.82, 2.24) is 10.1 Å². The third kappa shape index (κ3) is 2.24. The Balaban J connectivity index is 2.36. The van der Waals surface area contributed by atoms with E-state index in [1.165, 1.54) is 13.2 Å². The highest BCUT2D eigenvalue weighted by molar-refractivity contribution is 5.89. The van der Waals surface area contributed by atoms with E-state index in [9.17, 15) is 14.9 Å². The van der Waals surface area contributed by atoms with Gasteiger partial charge in [-0.05, 0) is 26.0 Å². The molecule has 0 saturated carbocycles. The number of aromatic amines is 1. The molecule has 8 heteroatoms. The van der Waals surface area contributed by atoms with Crippen LogP contribution in [0.1, 0.15) is 11.5 Å². The number of pyridine rings is 1. The molecule has 0 unspecified atom stereocenters. The molecule has 23 heavy (non-hydrogen) atoms. The molecule has 0 aliphatic heterocycles. The largest absolute Gasteiger partial charge is 0.496 e. The van der Waals surface area contributed by atoms with Crippen LogP contribution >= 0.6 is 0 Å². The van der Waals surface area contributed by atoms with E-state index >= 15 is 0 Å². The lowest BCUT2D eigenvalue weighted by atomic mass is 10.0. The summed E-state index contributed by atoms with van der Waals surface area (Å²) in [6, 6.07) is 3.19. The van der Waals surface area contributed by atoms with Crippen molar-refractivity contribution in [1.29, 1.82) is 0 Å². The Morgan fingerprint density at radius 2 is 2.09 bits per heavy atom. The Kier molecular flexibility index (Phi) is 3.36. The number of methoxy groups -OCH3 is 1. The van der Waals surface area contributed by atoms with Crippen LogP contribution in [-0.4, -0.2) is 22.2 Å². The summed E-state index contributed by atoms with van der Waals surface area (Å²) in [7, 11) is 1.47. The van der Waals surface area contributed by atoms with Crippen LogP contribution in [0.4, 0.5) is 5.69 Å². The number of H-pyrrole nitrogens is 1. The van der Waals surface area contributed by atoms with Crippen LogP contribution in [-0.2, 0) is 0 Å². The molecule has 1 aromatic carbocycles. The number of nitrogens with zero attached hydrogens (tertiary/aromatic N) is 2. The van der Waals surface area contributed by atoms with Crippen molar-refractivity contribution in [3.63, 3.8) is 0 Å². The van der Waals surface area contributed by atoms with Gasteiger partial charge in [0.1, 0.15) is 11.5 Å². The molecule has 2 heterocycles. The maximum Gasteiger partial charge on any atom is 0.332 e. The molecule has 118 valence electrons. The molecule has 0 radical (unpaired) electrons. The molecule has 0 amide bonds. The van der Waals surface area contributed by atoms with Gasteiger partial charge in [-0.1, -0.05) is 5.16 Å². The predicted molar refractivity (Wildman–Crippen MR) is 82.7 cm³/mol. The molecule has 0 aliphatic rings. The minimum absolute atomic E-state index is 0.187. The van der Waals surface area contributed by atoms with Gasteiger partial charge in [-0.3, -0.25) is 14.9 Å². The number of nitrogens with one attached hydrogen (secondary N) is 1. The van der Waals surface area contributed by atoms with E-state index in [4.69, 9.17) is 9.26 Å². The number of hydrogen-bond acceptors (Lipinski definition) is 6. The Bertz CT molecular complexity index is 967. The molecule has 3 aromatic rings. The lowest BCUT2D eigenvalue weighted by Gasteiger charge is -2.10. The molecule has 2 aromatic heterocycles. The Morgan fingerprint density at radius 1 is 1.35 bits per heavy atom. The van der Waals surface area contributed by atoms with Crippen LogP contribution in [0, 0.1) is 24.0 Å². The standard InChI is InChI=1S/C15H13N3O5/c1-7-14(8(2)23-17-7)10-4-11-9(5-13(10)22-3)15(19)12(6-16-11)18(20)21/h4-6H,1-3H3,(H,16,19). The smallest absolute Gasteiger partial charge is 0.332 e. The maximum absolute atomic E-state index is 12.2. The Labute approximate surface area is 129 Å². The quantitative estimate of drug-likeness (QED) is 0.587. The number of aromatic nitrogens is 2. The summed E-state index contributed by atoms with van der Waals surface area (Å²) in [5.74, 6) is 1.03. The van der Waals surface area contributed by atoms with Crippen molar-refractivity contribution < 1.29 is 14.2 Å². The third-order valence-corrected chi connectivity index (χ3v) is 3.68. The topological polar surface area (TPSA) is 111 Å². The highest BCUT2D eigenvalue weighted by Gasteiger charge is 2.20. The van der Waals surface area contributed by atoms with Gasteiger partial charge in [0, 0.05) is 5.56 Å². The van der Waals surface area contributed by atoms with E-state index < -0.39 is 16.0 Å². The van der Waals surface area contributed by atoms with Crippen LogP contribution in [0.5, 0.6) is 5.75 Å². The van der Waals surface area contributed by atoms with Gasteiger partial charge in [0.05, 0.1) is 40.4 Å². The third-order valence-electron chi connectivity index (χ3n) is 3.68. The monoisotopic (exact) mass is 315 g/mol. The average molecular weight is 315 g/mol. The van der Waals surface area contributed by atoms with E-state index in [1.807, 2.05) is 0 Å². The van der Waals surface area contributed by atoms with Gasteiger partial charge < -0.3 is 14.2 Å². The number of nitro groups is 1. The molecule has 0 bridgehead atoms. The average Bonchev–Trinajstić information content (AvgIpc) is 2.85. The van der Waals surface area contributed by atoms with Gasteiger partial charge in [-0.15, -0.1) is 0 Å². The second-order valence-corrected chi connectivity index (χ2v) is 5.06. The molecule has 0 fully saturated rings.